The van der Waals surface area contributed by atoms with Crippen molar-refractivity contribution in [2.24, 2.45) is 22.7 Å². The molecular weight excluding hydrogens is 178 g/mol. The monoisotopic (exact) mass is 199 g/mol. The van der Waals surface area contributed by atoms with E-state index in [1.54, 1.807) is 0 Å². The third kappa shape index (κ3) is 2.59. The van der Waals surface area contributed by atoms with Crippen molar-refractivity contribution < 1.29 is 0 Å². The molecular formula is C9H21N5. The van der Waals surface area contributed by atoms with E-state index in [0.29, 0.717) is 12.0 Å². The fourth-order valence-electron chi connectivity index (χ4n) is 1.95. The van der Waals surface area contributed by atoms with E-state index in [9.17, 15) is 0 Å². The highest BCUT2D eigenvalue weighted by Gasteiger charge is 2.24. The summed E-state index contributed by atoms with van der Waals surface area (Å²) in [6, 6.07) is 0.625. The van der Waals surface area contributed by atoms with Crippen LogP contribution in [-0.2, 0) is 0 Å². The molecule has 0 bridgehead atoms. The van der Waals surface area contributed by atoms with Gasteiger partial charge in [-0.3, -0.25) is 0 Å². The second-order valence-corrected chi connectivity index (χ2v) is 4.06. The lowest BCUT2D eigenvalue weighted by molar-refractivity contribution is 0.168. The van der Waals surface area contributed by atoms with Crippen molar-refractivity contribution in [1.82, 2.24) is 10.3 Å². The molecule has 0 spiro atoms. The Kier molecular flexibility index (Phi) is 4.16. The number of piperidine rings is 1. The van der Waals surface area contributed by atoms with Gasteiger partial charge in [0.25, 0.3) is 0 Å². The van der Waals surface area contributed by atoms with Crippen LogP contribution in [0, 0.1) is 5.92 Å². The molecule has 0 aliphatic carbocycles. The van der Waals surface area contributed by atoms with Crippen LogP contribution in [0.25, 0.3) is 0 Å². The Bertz CT molecular complexity index is 193. The molecule has 1 aliphatic heterocycles. The molecule has 0 aromatic rings. The molecule has 5 heteroatoms. The van der Waals surface area contributed by atoms with Crippen LogP contribution in [0.3, 0.4) is 0 Å². The van der Waals surface area contributed by atoms with Gasteiger partial charge in [0.05, 0.1) is 0 Å². The van der Waals surface area contributed by atoms with Crippen molar-refractivity contribution in [1.29, 1.82) is 0 Å². The molecule has 0 aromatic carbocycles. The second kappa shape index (κ2) is 5.17. The summed E-state index contributed by atoms with van der Waals surface area (Å²) in [6.07, 6.45) is 2.16. The topological polar surface area (TPSA) is 79.7 Å². The van der Waals surface area contributed by atoms with E-state index >= 15 is 0 Å². The molecule has 1 aliphatic rings. The minimum absolute atomic E-state index is 0.403. The summed E-state index contributed by atoms with van der Waals surface area (Å²) >= 11 is 0. The van der Waals surface area contributed by atoms with Gasteiger partial charge in [0.2, 0.25) is 0 Å². The van der Waals surface area contributed by atoms with Gasteiger partial charge in [0, 0.05) is 12.0 Å². The van der Waals surface area contributed by atoms with E-state index in [1.807, 2.05) is 0 Å². The molecule has 1 fully saturated rings. The molecule has 1 saturated heterocycles. The van der Waals surface area contributed by atoms with Crippen molar-refractivity contribution in [3.05, 3.63) is 0 Å². The van der Waals surface area contributed by atoms with Gasteiger partial charge in [-0.05, 0) is 39.8 Å². The summed E-state index contributed by atoms with van der Waals surface area (Å²) in [5.74, 6) is 11.7. The van der Waals surface area contributed by atoms with E-state index < -0.39 is 0 Å². The molecule has 0 aromatic heterocycles. The van der Waals surface area contributed by atoms with Gasteiger partial charge >= 0.3 is 0 Å². The Hall–Kier alpha value is -0.810. The lowest BCUT2D eigenvalue weighted by Crippen LogP contribution is -2.45. The van der Waals surface area contributed by atoms with Crippen LogP contribution < -0.4 is 17.1 Å². The Morgan fingerprint density at radius 2 is 2.00 bits per heavy atom. The van der Waals surface area contributed by atoms with Gasteiger partial charge in [-0.2, -0.15) is 5.10 Å². The molecule has 5 nitrogen and oxygen atoms in total. The van der Waals surface area contributed by atoms with Crippen LogP contribution in [-0.4, -0.2) is 29.9 Å². The van der Waals surface area contributed by atoms with Gasteiger partial charge in [-0.1, -0.05) is 0 Å². The number of hydrogen-bond acceptors (Lipinski definition) is 4. The van der Waals surface area contributed by atoms with Gasteiger partial charge in [-0.15, -0.1) is 0 Å². The number of nitrogens with two attached hydrogens (primary N) is 2. The van der Waals surface area contributed by atoms with Crippen LogP contribution in [0.4, 0.5) is 0 Å². The molecule has 14 heavy (non-hydrogen) atoms. The summed E-state index contributed by atoms with van der Waals surface area (Å²) in [5, 5.41) is 3.66. The van der Waals surface area contributed by atoms with Crippen LogP contribution in [0.2, 0.25) is 0 Å². The van der Waals surface area contributed by atoms with Gasteiger partial charge in [0.15, 0.2) is 0 Å². The zero-order chi connectivity index (χ0) is 10.6. The lowest BCUT2D eigenvalue weighted by atomic mass is 9.95. The van der Waals surface area contributed by atoms with E-state index in [0.717, 1.165) is 31.8 Å². The van der Waals surface area contributed by atoms with Crippen LogP contribution >= 0.6 is 0 Å². The zero-order valence-corrected chi connectivity index (χ0v) is 9.03. The molecule has 5 N–H and O–H groups in total. The average molecular weight is 199 g/mol. The molecule has 0 saturated carbocycles. The third-order valence-corrected chi connectivity index (χ3v) is 2.93. The van der Waals surface area contributed by atoms with Crippen LogP contribution in [0.15, 0.2) is 5.10 Å². The fraction of sp³-hybridized carbons (Fsp3) is 0.889. The van der Waals surface area contributed by atoms with Gasteiger partial charge in [-0.25, -0.2) is 5.84 Å². The van der Waals surface area contributed by atoms with E-state index in [2.05, 4.69) is 29.3 Å². The Labute approximate surface area is 85.5 Å². The first-order valence-electron chi connectivity index (χ1n) is 5.17. The van der Waals surface area contributed by atoms with E-state index in [4.69, 9.17) is 11.7 Å². The zero-order valence-electron chi connectivity index (χ0n) is 9.03. The first kappa shape index (κ1) is 11.3. The van der Waals surface area contributed by atoms with Crippen LogP contribution in [0.1, 0.15) is 26.7 Å². The van der Waals surface area contributed by atoms with Crippen molar-refractivity contribution in [2.75, 3.05) is 13.1 Å². The molecule has 0 unspecified atom stereocenters. The molecule has 0 radical (unpaired) electrons. The van der Waals surface area contributed by atoms with E-state index in [-0.39, 0.29) is 0 Å². The van der Waals surface area contributed by atoms with Crippen LogP contribution in [0.5, 0.6) is 0 Å². The standard InChI is InChI=1S/C9H21N5/c1-7(2)14-5-3-8(4-6-14)9(12-10)13-11/h7-8H,3-6,10-11H2,1-2H3,(H,12,13). The quantitative estimate of drug-likeness (QED) is 0.250. The highest BCUT2D eigenvalue weighted by atomic mass is 15.3. The summed E-state index contributed by atoms with van der Waals surface area (Å²) in [6.45, 7) is 6.64. The molecule has 0 amide bonds. The Morgan fingerprint density at radius 3 is 2.36 bits per heavy atom. The number of amidine groups is 1. The molecule has 1 rings (SSSR count). The summed E-state index contributed by atoms with van der Waals surface area (Å²) in [5.41, 5.74) is 2.57. The van der Waals surface area contributed by atoms with Crippen molar-refractivity contribution in [3.8, 4) is 0 Å². The van der Waals surface area contributed by atoms with Crippen molar-refractivity contribution in [3.63, 3.8) is 0 Å². The summed E-state index contributed by atoms with van der Waals surface area (Å²) < 4.78 is 0. The first-order valence-corrected chi connectivity index (χ1v) is 5.17. The number of nitrogens with zero attached hydrogens (tertiary/aromatic N) is 2. The minimum Gasteiger partial charge on any atom is -0.322 e. The predicted molar refractivity (Wildman–Crippen MR) is 58.4 cm³/mol. The molecule has 0 atom stereocenters. The third-order valence-electron chi connectivity index (χ3n) is 2.93. The van der Waals surface area contributed by atoms with E-state index in [1.165, 1.54) is 0 Å². The van der Waals surface area contributed by atoms with Gasteiger partial charge in [0.1, 0.15) is 5.84 Å². The number of hydrogen-bond donors (Lipinski definition) is 3. The summed E-state index contributed by atoms with van der Waals surface area (Å²) in [7, 11) is 0. The number of nitrogens with one attached hydrogen (secondary N) is 1. The molecule has 1 heterocycles. The minimum atomic E-state index is 0.403. The van der Waals surface area contributed by atoms with Crippen molar-refractivity contribution in [2.45, 2.75) is 32.7 Å². The maximum atomic E-state index is 5.33. The second-order valence-electron chi connectivity index (χ2n) is 4.06. The number of hydrazine groups is 1. The predicted octanol–water partition coefficient (Wildman–Crippen LogP) is -0.158. The summed E-state index contributed by atoms with van der Waals surface area (Å²) in [4.78, 5) is 2.46. The lowest BCUT2D eigenvalue weighted by Gasteiger charge is -2.34. The number of hydrazone groups is 1. The smallest absolute Gasteiger partial charge is 0.139 e. The van der Waals surface area contributed by atoms with Crippen molar-refractivity contribution >= 4 is 5.84 Å². The number of likely N-dealkylation sites (tertiary alicyclic amines) is 1. The SMILES string of the molecule is CC(C)N1CCC(/C(=N/N)NN)CC1. The maximum absolute atomic E-state index is 5.33. The number of rotatable bonds is 2. The Morgan fingerprint density at radius 1 is 1.43 bits per heavy atom. The Balaban J connectivity index is 2.42. The average Bonchev–Trinajstić information content (AvgIpc) is 2.20. The maximum Gasteiger partial charge on any atom is 0.139 e. The van der Waals surface area contributed by atoms with Gasteiger partial charge < -0.3 is 16.2 Å². The normalized spacial score (nSPS) is 21.6. The highest BCUT2D eigenvalue weighted by molar-refractivity contribution is 5.83. The largest absolute Gasteiger partial charge is 0.322 e. The first-order chi connectivity index (χ1) is 6.69. The molecule has 82 valence electrons. The fourth-order valence-corrected chi connectivity index (χ4v) is 1.95. The highest BCUT2D eigenvalue weighted by Crippen LogP contribution is 2.19.